The van der Waals surface area contributed by atoms with E-state index in [1.165, 1.54) is 0 Å². The Morgan fingerprint density at radius 2 is 1.71 bits per heavy atom. The maximum atomic E-state index is 12.4. The highest BCUT2D eigenvalue weighted by atomic mass is 16.4. The number of nitrogens with zero attached hydrogens (tertiary/aromatic N) is 2. The molecule has 0 fully saturated rings. The van der Waals surface area contributed by atoms with Crippen LogP contribution >= 0.6 is 0 Å². The van der Waals surface area contributed by atoms with Crippen LogP contribution in [0.4, 0.5) is 0 Å². The van der Waals surface area contributed by atoms with Crippen LogP contribution in [0, 0.1) is 6.92 Å². The fourth-order valence-electron chi connectivity index (χ4n) is 2.35. The minimum Gasteiger partial charge on any atom is -0.456 e. The van der Waals surface area contributed by atoms with Crippen molar-refractivity contribution < 1.29 is 8.83 Å². The number of para-hydroxylation sites is 1. The van der Waals surface area contributed by atoms with Crippen molar-refractivity contribution in [1.29, 1.82) is 0 Å². The molecule has 0 amide bonds. The van der Waals surface area contributed by atoms with Crippen molar-refractivity contribution >= 4 is 21.9 Å². The van der Waals surface area contributed by atoms with Crippen molar-refractivity contribution in [2.45, 2.75) is 6.92 Å². The van der Waals surface area contributed by atoms with Crippen LogP contribution in [0.15, 0.2) is 56.1 Å². The lowest BCUT2D eigenvalue weighted by Gasteiger charge is -2.02. The Bertz CT molecular complexity index is 1030. The molecule has 2 heterocycles. The topological polar surface area (TPSA) is 69.1 Å². The molecular formula is C16H10N2O3. The number of hydrogen-bond donors (Lipinski definition) is 0. The molecule has 0 N–H and O–H groups in total. The van der Waals surface area contributed by atoms with E-state index < -0.39 is 0 Å². The number of rotatable bonds is 1. The molecule has 0 radical (unpaired) electrons. The summed E-state index contributed by atoms with van der Waals surface area (Å²) < 4.78 is 11.2. The maximum absolute atomic E-state index is 12.4. The van der Waals surface area contributed by atoms with Gasteiger partial charge in [0, 0.05) is 12.5 Å². The third-order valence-corrected chi connectivity index (χ3v) is 3.35. The van der Waals surface area contributed by atoms with Crippen LogP contribution in [-0.4, -0.2) is 10.2 Å². The first-order valence-corrected chi connectivity index (χ1v) is 6.48. The molecule has 0 unspecified atom stereocenters. The zero-order chi connectivity index (χ0) is 14.4. The van der Waals surface area contributed by atoms with Gasteiger partial charge in [-0.2, -0.15) is 0 Å². The Balaban J connectivity index is 2.04. The molecule has 5 nitrogen and oxygen atoms in total. The fourth-order valence-corrected chi connectivity index (χ4v) is 2.35. The second-order valence-electron chi connectivity index (χ2n) is 4.76. The smallest absolute Gasteiger partial charge is 0.247 e. The van der Waals surface area contributed by atoms with Gasteiger partial charge in [-0.3, -0.25) is 4.79 Å². The van der Waals surface area contributed by atoms with E-state index in [4.69, 9.17) is 8.83 Å². The average Bonchev–Trinajstić information content (AvgIpc) is 2.94. The highest BCUT2D eigenvalue weighted by molar-refractivity contribution is 5.91. The lowest BCUT2D eigenvalue weighted by atomic mass is 10.1. The van der Waals surface area contributed by atoms with Gasteiger partial charge in [0.05, 0.1) is 10.8 Å². The first kappa shape index (κ1) is 11.8. The quantitative estimate of drug-likeness (QED) is 0.500. The molecule has 0 saturated carbocycles. The van der Waals surface area contributed by atoms with Gasteiger partial charge >= 0.3 is 0 Å². The number of hydrogen-bond acceptors (Lipinski definition) is 5. The third-order valence-electron chi connectivity index (χ3n) is 3.35. The Hall–Kier alpha value is -2.95. The Kier molecular flexibility index (Phi) is 2.41. The van der Waals surface area contributed by atoms with Gasteiger partial charge in [0.25, 0.3) is 0 Å². The predicted octanol–water partition coefficient (Wildman–Crippen LogP) is 3.30. The predicted molar refractivity (Wildman–Crippen MR) is 78.0 cm³/mol. The molecule has 21 heavy (non-hydrogen) atoms. The lowest BCUT2D eigenvalue weighted by Crippen LogP contribution is -2.01. The molecule has 0 aliphatic carbocycles. The summed E-state index contributed by atoms with van der Waals surface area (Å²) in [6.45, 7) is 1.73. The zero-order valence-electron chi connectivity index (χ0n) is 11.2. The second-order valence-corrected chi connectivity index (χ2v) is 4.76. The molecule has 0 bridgehead atoms. The zero-order valence-corrected chi connectivity index (χ0v) is 11.2. The number of benzene rings is 2. The van der Waals surface area contributed by atoms with Crippen molar-refractivity contribution in [3.05, 3.63) is 58.6 Å². The van der Waals surface area contributed by atoms with Crippen LogP contribution in [0.1, 0.15) is 5.89 Å². The van der Waals surface area contributed by atoms with Crippen LogP contribution < -0.4 is 5.43 Å². The van der Waals surface area contributed by atoms with Crippen LogP contribution in [0.2, 0.25) is 0 Å². The summed E-state index contributed by atoms with van der Waals surface area (Å²) in [7, 11) is 0. The second kappa shape index (κ2) is 4.28. The molecule has 0 aliphatic rings. The van der Waals surface area contributed by atoms with Crippen molar-refractivity contribution in [3.63, 3.8) is 0 Å². The molecule has 0 spiro atoms. The summed E-state index contributed by atoms with van der Waals surface area (Å²) in [5.41, 5.74) is 1.75. The molecule has 0 saturated heterocycles. The van der Waals surface area contributed by atoms with Crippen LogP contribution in [-0.2, 0) is 0 Å². The molecular weight excluding hydrogens is 268 g/mol. The van der Waals surface area contributed by atoms with E-state index in [1.807, 2.05) is 12.1 Å². The monoisotopic (exact) mass is 278 g/mol. The summed E-state index contributed by atoms with van der Waals surface area (Å²) in [5, 5.41) is 8.88. The Morgan fingerprint density at radius 3 is 2.52 bits per heavy atom. The number of aromatic nitrogens is 2. The fraction of sp³-hybridized carbons (Fsp3) is 0.0625. The Morgan fingerprint density at radius 1 is 0.905 bits per heavy atom. The third kappa shape index (κ3) is 1.82. The highest BCUT2D eigenvalue weighted by Gasteiger charge is 2.11. The molecule has 4 aromatic rings. The van der Waals surface area contributed by atoms with E-state index in [2.05, 4.69) is 10.2 Å². The van der Waals surface area contributed by atoms with Crippen LogP contribution in [0.3, 0.4) is 0 Å². The van der Waals surface area contributed by atoms with Crippen molar-refractivity contribution in [2.24, 2.45) is 0 Å². The summed E-state index contributed by atoms with van der Waals surface area (Å²) in [5.74, 6) is 0.898. The van der Waals surface area contributed by atoms with Crippen molar-refractivity contribution in [3.8, 4) is 11.5 Å². The van der Waals surface area contributed by atoms with Gasteiger partial charge in [-0.25, -0.2) is 0 Å². The average molecular weight is 278 g/mol. The lowest BCUT2D eigenvalue weighted by molar-refractivity contribution is 0.532. The molecule has 0 aliphatic heterocycles. The summed E-state index contributed by atoms with van der Waals surface area (Å²) >= 11 is 0. The first-order chi connectivity index (χ1) is 10.2. The molecule has 102 valence electrons. The van der Waals surface area contributed by atoms with E-state index in [0.717, 1.165) is 5.56 Å². The molecule has 2 aromatic carbocycles. The molecule has 0 atom stereocenters. The van der Waals surface area contributed by atoms with Crippen molar-refractivity contribution in [1.82, 2.24) is 10.2 Å². The SMILES string of the molecule is Cc1nnc(-c2ccc3c(=O)c4ccccc4oc3c2)o1. The van der Waals surface area contributed by atoms with E-state index in [-0.39, 0.29) is 5.43 Å². The summed E-state index contributed by atoms with van der Waals surface area (Å²) in [4.78, 5) is 12.4. The maximum Gasteiger partial charge on any atom is 0.247 e. The number of fused-ring (bicyclic) bond motifs is 2. The van der Waals surface area contributed by atoms with Gasteiger partial charge in [0.15, 0.2) is 0 Å². The molecule has 5 heteroatoms. The minimum atomic E-state index is -0.0416. The van der Waals surface area contributed by atoms with Gasteiger partial charge < -0.3 is 8.83 Å². The summed E-state index contributed by atoms with van der Waals surface area (Å²) in [6.07, 6.45) is 0. The van der Waals surface area contributed by atoms with Crippen LogP contribution in [0.5, 0.6) is 0 Å². The molecule has 2 aromatic heterocycles. The van der Waals surface area contributed by atoms with E-state index in [0.29, 0.717) is 33.7 Å². The van der Waals surface area contributed by atoms with Crippen molar-refractivity contribution in [2.75, 3.05) is 0 Å². The van der Waals surface area contributed by atoms with Gasteiger partial charge in [-0.05, 0) is 30.3 Å². The largest absolute Gasteiger partial charge is 0.456 e. The first-order valence-electron chi connectivity index (χ1n) is 6.48. The van der Waals surface area contributed by atoms with Gasteiger partial charge in [0.2, 0.25) is 17.2 Å². The van der Waals surface area contributed by atoms with E-state index in [1.54, 1.807) is 37.3 Å². The summed E-state index contributed by atoms with van der Waals surface area (Å²) in [6, 6.07) is 12.4. The highest BCUT2D eigenvalue weighted by Crippen LogP contribution is 2.24. The Labute approximate surface area is 118 Å². The van der Waals surface area contributed by atoms with E-state index in [9.17, 15) is 4.79 Å². The standard InChI is InChI=1S/C16H10N2O3/c1-9-17-18-16(20-9)10-6-7-12-14(8-10)21-13-5-3-2-4-11(13)15(12)19/h2-8H,1H3. The van der Waals surface area contributed by atoms with E-state index >= 15 is 0 Å². The number of aryl methyl sites for hydroxylation is 1. The van der Waals surface area contributed by atoms with Gasteiger partial charge in [-0.15, -0.1) is 10.2 Å². The van der Waals surface area contributed by atoms with Gasteiger partial charge in [0.1, 0.15) is 11.2 Å². The van der Waals surface area contributed by atoms with Gasteiger partial charge in [-0.1, -0.05) is 12.1 Å². The minimum absolute atomic E-state index is 0.0416. The normalized spacial score (nSPS) is 11.3. The van der Waals surface area contributed by atoms with Crippen LogP contribution in [0.25, 0.3) is 33.4 Å². The molecule has 4 rings (SSSR count).